The minimum absolute atomic E-state index is 0.302. The highest BCUT2D eigenvalue weighted by molar-refractivity contribution is 5.96. The van der Waals surface area contributed by atoms with E-state index >= 15 is 0 Å². The van der Waals surface area contributed by atoms with E-state index in [1.165, 1.54) is 0 Å². The van der Waals surface area contributed by atoms with E-state index < -0.39 is 5.97 Å². The largest absolute Gasteiger partial charge is 0.491 e. The number of hydrogen-bond acceptors (Lipinski definition) is 4. The Bertz CT molecular complexity index is 1880. The maximum Gasteiger partial charge on any atom is 0.336 e. The number of para-hydroxylation sites is 2. The van der Waals surface area contributed by atoms with Gasteiger partial charge in [0.2, 0.25) is 0 Å². The molecule has 1 N–H and O–H groups in total. The minimum atomic E-state index is -0.925. The van der Waals surface area contributed by atoms with Crippen LogP contribution in [0.2, 0.25) is 0 Å². The van der Waals surface area contributed by atoms with Crippen LogP contribution in [0.1, 0.15) is 53.5 Å². The molecule has 0 atom stereocenters. The molecule has 0 aliphatic rings. The van der Waals surface area contributed by atoms with Crippen LogP contribution in [0, 0.1) is 6.92 Å². The molecule has 0 bridgehead atoms. The van der Waals surface area contributed by atoms with Gasteiger partial charge in [-0.3, -0.25) is 0 Å². The van der Waals surface area contributed by atoms with Crippen molar-refractivity contribution in [1.29, 1.82) is 0 Å². The van der Waals surface area contributed by atoms with Crippen molar-refractivity contribution in [1.82, 2.24) is 19.1 Å². The smallest absolute Gasteiger partial charge is 0.336 e. The first-order valence-electron chi connectivity index (χ1n) is 15.0. The fourth-order valence-electron chi connectivity index (χ4n) is 5.69. The van der Waals surface area contributed by atoms with Gasteiger partial charge in [-0.15, -0.1) is 0 Å². The van der Waals surface area contributed by atoms with Gasteiger partial charge < -0.3 is 19.0 Å². The summed E-state index contributed by atoms with van der Waals surface area (Å²) in [5.74, 6) is 0.978. The first kappa shape index (κ1) is 28.2. The number of aromatic carboxylic acids is 1. The molecule has 0 aliphatic carbocycles. The number of fused-ring (bicyclic) bond motifs is 2. The van der Waals surface area contributed by atoms with Crippen molar-refractivity contribution in [2.24, 2.45) is 0 Å². The van der Waals surface area contributed by atoms with Crippen LogP contribution < -0.4 is 4.74 Å². The summed E-state index contributed by atoms with van der Waals surface area (Å²) in [6, 6.07) is 27.6. The summed E-state index contributed by atoms with van der Waals surface area (Å²) in [6.45, 7) is 6.36. The Labute approximate surface area is 251 Å². The molecule has 0 spiro atoms. The van der Waals surface area contributed by atoms with Gasteiger partial charge in [-0.05, 0) is 66.3 Å². The predicted octanol–water partition coefficient (Wildman–Crippen LogP) is 7.92. The fourth-order valence-corrected chi connectivity index (χ4v) is 5.69. The zero-order chi connectivity index (χ0) is 29.8. The summed E-state index contributed by atoms with van der Waals surface area (Å²) < 4.78 is 10.9. The van der Waals surface area contributed by atoms with E-state index in [2.05, 4.69) is 58.3 Å². The van der Waals surface area contributed by atoms with Crippen LogP contribution in [-0.2, 0) is 19.5 Å². The van der Waals surface area contributed by atoms with Crippen LogP contribution in [0.5, 0.6) is 5.75 Å². The van der Waals surface area contributed by atoms with Crippen molar-refractivity contribution in [3.05, 3.63) is 114 Å². The van der Waals surface area contributed by atoms with E-state index in [-0.39, 0.29) is 0 Å². The van der Waals surface area contributed by atoms with Gasteiger partial charge in [0.15, 0.2) is 0 Å². The van der Waals surface area contributed by atoms with Gasteiger partial charge in [0.25, 0.3) is 0 Å². The van der Waals surface area contributed by atoms with E-state index in [4.69, 9.17) is 9.72 Å². The second-order valence-corrected chi connectivity index (χ2v) is 11.0. The molecule has 6 aromatic rings. The molecule has 0 saturated carbocycles. The highest BCUT2D eigenvalue weighted by Crippen LogP contribution is 2.32. The Morgan fingerprint density at radius 2 is 1.72 bits per heavy atom. The number of unbranched alkanes of at least 4 members (excludes halogenated alkanes) is 1. The maximum atomic E-state index is 11.8. The molecule has 43 heavy (non-hydrogen) atoms. The van der Waals surface area contributed by atoms with E-state index in [9.17, 15) is 9.90 Å². The SMILES string of the molecule is CCCCc1nc2c(C)ccc(OCCCn3cnc4ccccc43)c2n1Cc1ccc(-c2ccccc2C(=O)O)cc1. The van der Waals surface area contributed by atoms with Crippen molar-refractivity contribution in [3.63, 3.8) is 0 Å². The van der Waals surface area contributed by atoms with Gasteiger partial charge in [-0.1, -0.05) is 74.0 Å². The van der Waals surface area contributed by atoms with Crippen molar-refractivity contribution >= 4 is 28.0 Å². The molecule has 4 aromatic carbocycles. The van der Waals surface area contributed by atoms with E-state index in [0.717, 1.165) is 82.6 Å². The lowest BCUT2D eigenvalue weighted by Crippen LogP contribution is -2.08. The number of rotatable bonds is 12. The number of carboxylic acid groups (broad SMARTS) is 1. The normalized spacial score (nSPS) is 11.4. The second-order valence-electron chi connectivity index (χ2n) is 11.0. The number of aromatic nitrogens is 4. The number of aryl methyl sites for hydroxylation is 3. The lowest BCUT2D eigenvalue weighted by atomic mass is 9.98. The third kappa shape index (κ3) is 5.89. The number of carboxylic acids is 1. The van der Waals surface area contributed by atoms with Crippen LogP contribution in [0.15, 0.2) is 91.3 Å². The number of ether oxygens (including phenoxy) is 1. The number of hydrogen-bond donors (Lipinski definition) is 1. The predicted molar refractivity (Wildman–Crippen MR) is 171 cm³/mol. The maximum absolute atomic E-state index is 11.8. The van der Waals surface area contributed by atoms with Crippen LogP contribution in [0.4, 0.5) is 0 Å². The third-order valence-electron chi connectivity index (χ3n) is 7.98. The van der Waals surface area contributed by atoms with Gasteiger partial charge in [0.05, 0.1) is 35.0 Å². The zero-order valence-corrected chi connectivity index (χ0v) is 24.7. The lowest BCUT2D eigenvalue weighted by molar-refractivity contribution is 0.0697. The molecule has 7 nitrogen and oxygen atoms in total. The van der Waals surface area contributed by atoms with Gasteiger partial charge in [-0.2, -0.15) is 0 Å². The standard InChI is InChI=1S/C36H36N4O3/c1-3-4-14-33-38-34-25(2)15-20-32(43-22-9-21-39-24-37-30-12-7-8-13-31(30)39)35(34)40(33)23-26-16-18-27(19-17-26)28-10-5-6-11-29(28)36(41)42/h5-8,10-13,15-20,24H,3-4,9,14,21-23H2,1-2H3,(H,41,42). The van der Waals surface area contributed by atoms with E-state index in [1.54, 1.807) is 12.1 Å². The highest BCUT2D eigenvalue weighted by Gasteiger charge is 2.18. The second kappa shape index (κ2) is 12.5. The summed E-state index contributed by atoms with van der Waals surface area (Å²) in [6.07, 6.45) is 5.79. The van der Waals surface area contributed by atoms with Crippen LogP contribution in [-0.4, -0.2) is 36.8 Å². The molecule has 218 valence electrons. The van der Waals surface area contributed by atoms with Crippen LogP contribution in [0.3, 0.4) is 0 Å². The van der Waals surface area contributed by atoms with Crippen LogP contribution >= 0.6 is 0 Å². The summed E-state index contributed by atoms with van der Waals surface area (Å²) in [5, 5.41) is 9.64. The van der Waals surface area contributed by atoms with Gasteiger partial charge >= 0.3 is 5.97 Å². The summed E-state index contributed by atoms with van der Waals surface area (Å²) in [7, 11) is 0. The van der Waals surface area contributed by atoms with Crippen molar-refractivity contribution in [2.75, 3.05) is 6.61 Å². The van der Waals surface area contributed by atoms with Crippen molar-refractivity contribution < 1.29 is 14.6 Å². The molecular formula is C36H36N4O3. The molecule has 0 aliphatic heterocycles. The molecule has 0 saturated heterocycles. The Hall–Kier alpha value is -4.91. The monoisotopic (exact) mass is 572 g/mol. The van der Waals surface area contributed by atoms with Crippen LogP contribution in [0.25, 0.3) is 33.2 Å². The minimum Gasteiger partial charge on any atom is -0.491 e. The summed E-state index contributed by atoms with van der Waals surface area (Å²) in [5.41, 5.74) is 8.30. The first-order valence-corrected chi connectivity index (χ1v) is 15.0. The average Bonchev–Trinajstić information content (AvgIpc) is 3.61. The highest BCUT2D eigenvalue weighted by atomic mass is 16.5. The van der Waals surface area contributed by atoms with E-state index in [1.807, 2.05) is 48.8 Å². The fraction of sp³-hybridized carbons (Fsp3) is 0.250. The Morgan fingerprint density at radius 1 is 0.930 bits per heavy atom. The lowest BCUT2D eigenvalue weighted by Gasteiger charge is -2.14. The topological polar surface area (TPSA) is 82.2 Å². The Morgan fingerprint density at radius 3 is 2.53 bits per heavy atom. The number of benzene rings is 4. The molecule has 6 rings (SSSR count). The third-order valence-corrected chi connectivity index (χ3v) is 7.98. The quantitative estimate of drug-likeness (QED) is 0.151. The molecule has 0 fully saturated rings. The summed E-state index contributed by atoms with van der Waals surface area (Å²) >= 11 is 0. The van der Waals surface area contributed by atoms with Crippen molar-refractivity contribution in [2.45, 2.75) is 52.6 Å². The van der Waals surface area contributed by atoms with Gasteiger partial charge in [0, 0.05) is 19.5 Å². The molecule has 2 aromatic heterocycles. The molecule has 0 unspecified atom stereocenters. The molecular weight excluding hydrogens is 536 g/mol. The average molecular weight is 573 g/mol. The molecule has 0 amide bonds. The van der Waals surface area contributed by atoms with Gasteiger partial charge in [0.1, 0.15) is 17.1 Å². The number of imidazole rings is 2. The molecule has 7 heteroatoms. The van der Waals surface area contributed by atoms with Crippen molar-refractivity contribution in [3.8, 4) is 16.9 Å². The summed E-state index contributed by atoms with van der Waals surface area (Å²) in [4.78, 5) is 21.4. The van der Waals surface area contributed by atoms with Gasteiger partial charge in [-0.25, -0.2) is 14.8 Å². The molecule has 2 heterocycles. The first-order chi connectivity index (χ1) is 21.0. The Kier molecular flexibility index (Phi) is 8.22. The number of carbonyl (C=O) groups is 1. The number of nitrogens with zero attached hydrogens (tertiary/aromatic N) is 4. The Balaban J connectivity index is 1.26. The zero-order valence-electron chi connectivity index (χ0n) is 24.7. The van der Waals surface area contributed by atoms with E-state index in [0.29, 0.717) is 24.3 Å². The molecule has 0 radical (unpaired) electrons.